The summed E-state index contributed by atoms with van der Waals surface area (Å²) in [6.07, 6.45) is 1.80. The van der Waals surface area contributed by atoms with Gasteiger partial charge in [-0.2, -0.15) is 0 Å². The van der Waals surface area contributed by atoms with Crippen LogP contribution in [-0.2, 0) is 16.0 Å². The summed E-state index contributed by atoms with van der Waals surface area (Å²) < 4.78 is 4.89. The van der Waals surface area contributed by atoms with Crippen LogP contribution in [0.1, 0.15) is 11.3 Å². The highest BCUT2D eigenvalue weighted by molar-refractivity contribution is 8.14. The molecule has 2 rings (SSSR count). The van der Waals surface area contributed by atoms with Gasteiger partial charge < -0.3 is 4.74 Å². The molecule has 92 valence electrons. The number of methoxy groups -OCH3 is 1. The summed E-state index contributed by atoms with van der Waals surface area (Å²) in [6.45, 7) is 0.834. The number of hydrogen-bond acceptors (Lipinski definition) is 5. The van der Waals surface area contributed by atoms with E-state index in [2.05, 4.69) is 11.1 Å². The predicted molar refractivity (Wildman–Crippen MR) is 72.9 cm³/mol. The van der Waals surface area contributed by atoms with Crippen LogP contribution in [0.25, 0.3) is 0 Å². The van der Waals surface area contributed by atoms with Crippen molar-refractivity contribution in [3.63, 3.8) is 0 Å². The Kier molecular flexibility index (Phi) is 4.62. The molecule has 0 fully saturated rings. The third-order valence-electron chi connectivity index (χ3n) is 2.59. The molecule has 0 saturated heterocycles. The quantitative estimate of drug-likeness (QED) is 0.789. The third kappa shape index (κ3) is 3.33. The second-order valence-corrected chi connectivity index (χ2v) is 5.93. The summed E-state index contributed by atoms with van der Waals surface area (Å²) >= 11 is 3.36. The Balaban J connectivity index is 2.13. The Labute approximate surface area is 109 Å². The molecule has 3 nitrogen and oxygen atoms in total. The number of hydrogen-bond donors (Lipinski definition) is 0. The summed E-state index contributed by atoms with van der Waals surface area (Å²) in [7, 11) is 1.44. The van der Waals surface area contributed by atoms with Gasteiger partial charge in [0.2, 0.25) is 0 Å². The van der Waals surface area contributed by atoms with Crippen LogP contribution in [0.4, 0.5) is 0 Å². The molecular formula is C12H15NO2S2. The van der Waals surface area contributed by atoms with Crippen LogP contribution in [0.5, 0.6) is 0 Å². The number of nitrogens with zero attached hydrogens (tertiary/aromatic N) is 1. The zero-order valence-corrected chi connectivity index (χ0v) is 11.4. The zero-order valence-electron chi connectivity index (χ0n) is 9.72. The maximum atomic E-state index is 11.8. The van der Waals surface area contributed by atoms with Crippen molar-refractivity contribution in [1.82, 2.24) is 0 Å². The lowest BCUT2D eigenvalue weighted by Gasteiger charge is -2.19. The average Bonchev–Trinajstić information content (AvgIpc) is 2.89. The van der Waals surface area contributed by atoms with Crippen LogP contribution in [0.2, 0.25) is 0 Å². The number of esters is 1. The molecule has 1 aromatic heterocycles. The molecular weight excluding hydrogens is 254 g/mol. The smallest absolute Gasteiger partial charge is 0.315 e. The van der Waals surface area contributed by atoms with E-state index in [0.717, 1.165) is 23.8 Å². The molecule has 1 atom stereocenters. The van der Waals surface area contributed by atoms with E-state index in [9.17, 15) is 4.79 Å². The fraction of sp³-hybridized carbons (Fsp3) is 0.500. The zero-order chi connectivity index (χ0) is 12.1. The normalized spacial score (nSPS) is 17.4. The molecule has 1 aromatic rings. The maximum absolute atomic E-state index is 11.8. The van der Waals surface area contributed by atoms with Gasteiger partial charge >= 0.3 is 5.97 Å². The van der Waals surface area contributed by atoms with Crippen molar-refractivity contribution in [1.29, 1.82) is 0 Å². The van der Waals surface area contributed by atoms with Crippen LogP contribution < -0.4 is 0 Å². The van der Waals surface area contributed by atoms with Crippen LogP contribution in [0.15, 0.2) is 22.5 Å². The maximum Gasteiger partial charge on any atom is 0.315 e. The lowest BCUT2D eigenvalue weighted by Crippen LogP contribution is -2.27. The summed E-state index contributed by atoms with van der Waals surface area (Å²) in [4.78, 5) is 17.5. The fourth-order valence-electron chi connectivity index (χ4n) is 1.73. The third-order valence-corrected chi connectivity index (χ3v) is 4.69. The SMILES string of the molecule is COC(=O)C(Cc1cccs1)C1=NCCCS1. The molecule has 0 aliphatic carbocycles. The lowest BCUT2D eigenvalue weighted by atomic mass is 10.1. The second kappa shape index (κ2) is 6.21. The van der Waals surface area contributed by atoms with E-state index in [1.165, 1.54) is 12.0 Å². The van der Waals surface area contributed by atoms with Crippen LogP contribution in [0.3, 0.4) is 0 Å². The van der Waals surface area contributed by atoms with E-state index < -0.39 is 0 Å². The van der Waals surface area contributed by atoms with Gasteiger partial charge in [-0.25, -0.2) is 0 Å². The molecule has 1 aliphatic rings. The van der Waals surface area contributed by atoms with Crippen LogP contribution in [-0.4, -0.2) is 30.4 Å². The summed E-state index contributed by atoms with van der Waals surface area (Å²) in [5, 5.41) is 2.97. The first kappa shape index (κ1) is 12.6. The van der Waals surface area contributed by atoms with Gasteiger partial charge in [0.25, 0.3) is 0 Å². The van der Waals surface area contributed by atoms with E-state index >= 15 is 0 Å². The van der Waals surface area contributed by atoms with E-state index in [4.69, 9.17) is 4.74 Å². The summed E-state index contributed by atoms with van der Waals surface area (Å²) in [5.74, 6) is 0.659. The number of rotatable bonds is 4. The van der Waals surface area contributed by atoms with Crippen molar-refractivity contribution >= 4 is 34.1 Å². The standard InChI is InChI=1S/C12H15NO2S2/c1-15-12(14)10(8-9-4-2-6-16-9)11-13-5-3-7-17-11/h2,4,6,10H,3,5,7-8H2,1H3. The second-order valence-electron chi connectivity index (χ2n) is 3.78. The minimum absolute atomic E-state index is 0.174. The van der Waals surface area contributed by atoms with E-state index in [1.54, 1.807) is 23.1 Å². The molecule has 17 heavy (non-hydrogen) atoms. The summed E-state index contributed by atoms with van der Waals surface area (Å²) in [5.41, 5.74) is 0. The largest absolute Gasteiger partial charge is 0.468 e. The van der Waals surface area contributed by atoms with Crippen LogP contribution in [0, 0.1) is 5.92 Å². The monoisotopic (exact) mass is 269 g/mol. The molecule has 1 unspecified atom stereocenters. The molecule has 0 radical (unpaired) electrons. The van der Waals surface area contributed by atoms with Gasteiger partial charge in [-0.15, -0.1) is 23.1 Å². The molecule has 1 aliphatic heterocycles. The van der Waals surface area contributed by atoms with Gasteiger partial charge in [0.1, 0.15) is 5.92 Å². The van der Waals surface area contributed by atoms with Crippen molar-refractivity contribution in [3.8, 4) is 0 Å². The Morgan fingerprint density at radius 2 is 2.53 bits per heavy atom. The van der Waals surface area contributed by atoms with Crippen molar-refractivity contribution in [2.24, 2.45) is 10.9 Å². The lowest BCUT2D eigenvalue weighted by molar-refractivity contribution is -0.142. The van der Waals surface area contributed by atoms with Crippen molar-refractivity contribution in [2.75, 3.05) is 19.4 Å². The minimum Gasteiger partial charge on any atom is -0.468 e. The predicted octanol–water partition coefficient (Wildman–Crippen LogP) is 2.62. The van der Waals surface area contributed by atoms with Gasteiger partial charge in [0, 0.05) is 23.6 Å². The fourth-order valence-corrected chi connectivity index (χ4v) is 3.53. The van der Waals surface area contributed by atoms with Crippen LogP contribution >= 0.6 is 23.1 Å². The van der Waals surface area contributed by atoms with Gasteiger partial charge in [0.05, 0.1) is 12.2 Å². The highest BCUT2D eigenvalue weighted by Gasteiger charge is 2.27. The first-order valence-electron chi connectivity index (χ1n) is 5.58. The van der Waals surface area contributed by atoms with E-state index in [-0.39, 0.29) is 11.9 Å². The number of thioether (sulfide) groups is 1. The molecule has 0 N–H and O–H groups in total. The minimum atomic E-state index is -0.219. The Morgan fingerprint density at radius 3 is 3.12 bits per heavy atom. The Morgan fingerprint density at radius 1 is 1.65 bits per heavy atom. The van der Waals surface area contributed by atoms with Crippen molar-refractivity contribution < 1.29 is 9.53 Å². The summed E-state index contributed by atoms with van der Waals surface area (Å²) in [6, 6.07) is 4.05. The topological polar surface area (TPSA) is 38.7 Å². The van der Waals surface area contributed by atoms with Crippen molar-refractivity contribution in [3.05, 3.63) is 22.4 Å². The molecule has 2 heterocycles. The highest BCUT2D eigenvalue weighted by atomic mass is 32.2. The number of carbonyl (C=O) groups is 1. The van der Waals surface area contributed by atoms with Gasteiger partial charge in [0.15, 0.2) is 0 Å². The molecule has 5 heteroatoms. The first-order valence-corrected chi connectivity index (χ1v) is 7.45. The molecule has 0 saturated carbocycles. The molecule has 0 spiro atoms. The molecule has 0 aromatic carbocycles. The number of carbonyl (C=O) groups excluding carboxylic acids is 1. The van der Waals surface area contributed by atoms with Gasteiger partial charge in [-0.3, -0.25) is 9.79 Å². The van der Waals surface area contributed by atoms with E-state index in [1.807, 2.05) is 11.4 Å². The molecule has 0 amide bonds. The van der Waals surface area contributed by atoms with Crippen molar-refractivity contribution in [2.45, 2.75) is 12.8 Å². The Hall–Kier alpha value is -0.810. The first-order chi connectivity index (χ1) is 8.31. The number of thiophene rings is 1. The van der Waals surface area contributed by atoms with Gasteiger partial charge in [-0.05, 0) is 17.9 Å². The van der Waals surface area contributed by atoms with Gasteiger partial charge in [-0.1, -0.05) is 6.07 Å². The average molecular weight is 269 g/mol. The number of ether oxygens (including phenoxy) is 1. The Bertz CT molecular complexity index is 401. The molecule has 0 bridgehead atoms. The number of aliphatic imine (C=N–C) groups is 1. The highest BCUT2D eigenvalue weighted by Crippen LogP contribution is 2.24. The van der Waals surface area contributed by atoms with E-state index in [0.29, 0.717) is 6.42 Å².